The van der Waals surface area contributed by atoms with Crippen LogP contribution in [-0.4, -0.2) is 42.0 Å². The van der Waals surface area contributed by atoms with E-state index in [2.05, 4.69) is 14.6 Å². The Hall–Kier alpha value is -1.90. The monoisotopic (exact) mass is 347 g/mol. The van der Waals surface area contributed by atoms with Crippen molar-refractivity contribution in [2.24, 2.45) is 0 Å². The second-order valence-corrected chi connectivity index (χ2v) is 6.32. The number of imidazole rings is 1. The van der Waals surface area contributed by atoms with Crippen molar-refractivity contribution in [2.75, 3.05) is 0 Å². The molecule has 5 rings (SSSR count). The maximum atomic E-state index is 12.2. The van der Waals surface area contributed by atoms with Gasteiger partial charge in [0.05, 0.1) is 29.6 Å². The van der Waals surface area contributed by atoms with Gasteiger partial charge in [0.25, 0.3) is 11.7 Å². The van der Waals surface area contributed by atoms with Crippen LogP contribution in [-0.2, 0) is 22.6 Å². The molecule has 1 unspecified atom stereocenters. The number of aromatic nitrogens is 4. The molecule has 8 nitrogen and oxygen atoms in total. The van der Waals surface area contributed by atoms with E-state index in [4.69, 9.17) is 0 Å². The Balaban J connectivity index is 0.00000157. The summed E-state index contributed by atoms with van der Waals surface area (Å²) in [5.74, 6) is 0.0934. The number of carbonyl (C=O) groups excluding carboxylic acids is 2. The number of hydrogen-bond donors (Lipinski definition) is 0. The summed E-state index contributed by atoms with van der Waals surface area (Å²) in [6.45, 7) is 0.923. The van der Waals surface area contributed by atoms with Crippen molar-refractivity contribution in [3.05, 3.63) is 35.1 Å². The SMILES string of the molecule is O=C([O-])C1=CCC2/C(=C\c3cn4c(n3)nc3n4CCCC3)C(=O)N12.[Na+]. The third kappa shape index (κ3) is 2.32. The van der Waals surface area contributed by atoms with E-state index in [-0.39, 0.29) is 47.2 Å². The van der Waals surface area contributed by atoms with Crippen LogP contribution in [0.15, 0.2) is 23.5 Å². The van der Waals surface area contributed by atoms with Crippen molar-refractivity contribution < 1.29 is 44.3 Å². The molecule has 5 heterocycles. The largest absolute Gasteiger partial charge is 1.00 e. The molecular formula is C16H14N5NaO3. The van der Waals surface area contributed by atoms with Gasteiger partial charge in [-0.1, -0.05) is 6.08 Å². The van der Waals surface area contributed by atoms with E-state index in [0.717, 1.165) is 31.6 Å². The van der Waals surface area contributed by atoms with Crippen LogP contribution in [0.4, 0.5) is 0 Å². The van der Waals surface area contributed by atoms with Gasteiger partial charge in [-0.15, -0.1) is 0 Å². The maximum Gasteiger partial charge on any atom is 1.00 e. The number of amides is 1. The number of aliphatic carboxylic acids is 1. The van der Waals surface area contributed by atoms with Crippen LogP contribution in [0, 0.1) is 0 Å². The molecule has 122 valence electrons. The fourth-order valence-electron chi connectivity index (χ4n) is 3.79. The quantitative estimate of drug-likeness (QED) is 0.319. The first-order valence-electron chi connectivity index (χ1n) is 8.05. The van der Waals surface area contributed by atoms with Crippen LogP contribution in [0.2, 0.25) is 0 Å². The zero-order valence-corrected chi connectivity index (χ0v) is 15.8. The maximum absolute atomic E-state index is 12.2. The molecule has 9 heteroatoms. The van der Waals surface area contributed by atoms with Crippen molar-refractivity contribution in [1.29, 1.82) is 0 Å². The van der Waals surface area contributed by atoms with Crippen molar-refractivity contribution >= 4 is 23.7 Å². The summed E-state index contributed by atoms with van der Waals surface area (Å²) in [6.07, 6.45) is 8.89. The number of aryl methyl sites for hydroxylation is 2. The molecule has 0 spiro atoms. The van der Waals surface area contributed by atoms with Gasteiger partial charge in [0, 0.05) is 18.5 Å². The van der Waals surface area contributed by atoms with Crippen molar-refractivity contribution in [2.45, 2.75) is 38.3 Å². The molecule has 3 aliphatic rings. The van der Waals surface area contributed by atoms with Gasteiger partial charge in [0.15, 0.2) is 0 Å². The summed E-state index contributed by atoms with van der Waals surface area (Å²) < 4.78 is 4.05. The minimum atomic E-state index is -1.31. The summed E-state index contributed by atoms with van der Waals surface area (Å²) in [4.78, 5) is 33.5. The topological polar surface area (TPSA) is 95.6 Å². The number of carboxylic acid groups (broad SMARTS) is 1. The molecule has 0 aliphatic carbocycles. The second kappa shape index (κ2) is 5.82. The first kappa shape index (κ1) is 16.6. The summed E-state index contributed by atoms with van der Waals surface area (Å²) >= 11 is 0. The van der Waals surface area contributed by atoms with Crippen molar-refractivity contribution in [3.8, 4) is 0 Å². The molecule has 1 fully saturated rings. The van der Waals surface area contributed by atoms with E-state index in [1.54, 1.807) is 6.08 Å². The molecule has 0 N–H and O–H groups in total. The smallest absolute Gasteiger partial charge is 0.543 e. The van der Waals surface area contributed by atoms with E-state index in [1.807, 2.05) is 10.7 Å². The molecule has 1 saturated heterocycles. The van der Waals surface area contributed by atoms with Crippen LogP contribution in [0.25, 0.3) is 11.9 Å². The van der Waals surface area contributed by atoms with Crippen LogP contribution in [0.5, 0.6) is 0 Å². The van der Waals surface area contributed by atoms with E-state index in [0.29, 0.717) is 23.5 Å². The number of hydrogen-bond acceptors (Lipinski definition) is 5. The molecule has 1 atom stereocenters. The number of nitrogens with zero attached hydrogens (tertiary/aromatic N) is 5. The van der Waals surface area contributed by atoms with E-state index in [9.17, 15) is 14.7 Å². The number of carboxylic acids is 1. The fraction of sp³-hybridized carbons (Fsp3) is 0.375. The van der Waals surface area contributed by atoms with Gasteiger partial charge in [-0.3, -0.25) is 14.4 Å². The van der Waals surface area contributed by atoms with Gasteiger partial charge < -0.3 is 9.90 Å². The van der Waals surface area contributed by atoms with Crippen LogP contribution < -0.4 is 34.7 Å². The first-order chi connectivity index (χ1) is 11.6. The summed E-state index contributed by atoms with van der Waals surface area (Å²) in [5, 5.41) is 11.0. The van der Waals surface area contributed by atoms with Crippen molar-refractivity contribution in [1.82, 2.24) is 24.1 Å². The third-order valence-corrected chi connectivity index (χ3v) is 4.94. The molecule has 1 amide bonds. The Morgan fingerprint density at radius 2 is 2.16 bits per heavy atom. The molecular weight excluding hydrogens is 333 g/mol. The van der Waals surface area contributed by atoms with Gasteiger partial charge in [0.1, 0.15) is 5.82 Å². The number of rotatable bonds is 2. The van der Waals surface area contributed by atoms with Crippen molar-refractivity contribution in [3.63, 3.8) is 0 Å². The Bertz CT molecular complexity index is 970. The number of β-lactam (4-membered cyclic amide) rings is 1. The molecule has 25 heavy (non-hydrogen) atoms. The Labute approximate surface area is 165 Å². The minimum absolute atomic E-state index is 0. The summed E-state index contributed by atoms with van der Waals surface area (Å²) in [6, 6.07) is -0.212. The zero-order valence-electron chi connectivity index (χ0n) is 13.8. The molecule has 2 aromatic rings. The van der Waals surface area contributed by atoms with Gasteiger partial charge >= 0.3 is 29.6 Å². The average molecular weight is 347 g/mol. The Morgan fingerprint density at radius 3 is 2.96 bits per heavy atom. The van der Waals surface area contributed by atoms with E-state index < -0.39 is 5.97 Å². The molecule has 0 bridgehead atoms. The van der Waals surface area contributed by atoms with Crippen LogP contribution in [0.3, 0.4) is 0 Å². The van der Waals surface area contributed by atoms with E-state index >= 15 is 0 Å². The summed E-state index contributed by atoms with van der Waals surface area (Å²) in [7, 11) is 0. The predicted octanol–water partition coefficient (Wildman–Crippen LogP) is -3.50. The molecule has 3 aliphatic heterocycles. The van der Waals surface area contributed by atoms with Gasteiger partial charge in [-0.2, -0.15) is 4.98 Å². The molecule has 0 aromatic carbocycles. The van der Waals surface area contributed by atoms with Gasteiger partial charge in [0.2, 0.25) is 0 Å². The summed E-state index contributed by atoms with van der Waals surface area (Å²) in [5.41, 5.74) is 1.22. The zero-order chi connectivity index (χ0) is 16.4. The molecule has 2 aromatic heterocycles. The Kier molecular flexibility index (Phi) is 3.86. The van der Waals surface area contributed by atoms with Gasteiger partial charge in [-0.05, 0) is 25.3 Å². The standard InChI is InChI=1S/C16H15N5O3.Na/c22-14-10(11-4-5-12(15(23)24)21(11)14)7-9-8-20-16(17-9)18-13-3-1-2-6-19(13)20;/h5,7-8,11H,1-4,6H2,(H,23,24);/q;+1/p-1/b10-7+;. The Morgan fingerprint density at radius 1 is 1.32 bits per heavy atom. The first-order valence-corrected chi connectivity index (χ1v) is 8.05. The normalized spacial score (nSPS) is 23.1. The third-order valence-electron chi connectivity index (χ3n) is 4.94. The van der Waals surface area contributed by atoms with Crippen LogP contribution in [0.1, 0.15) is 30.8 Å². The van der Waals surface area contributed by atoms with Crippen LogP contribution >= 0.6 is 0 Å². The van der Waals surface area contributed by atoms with E-state index in [1.165, 1.54) is 11.0 Å². The molecule has 0 saturated carbocycles. The average Bonchev–Trinajstić information content (AvgIpc) is 3.22. The fourth-order valence-corrected chi connectivity index (χ4v) is 3.79. The second-order valence-electron chi connectivity index (χ2n) is 6.32. The predicted molar refractivity (Wildman–Crippen MR) is 80.2 cm³/mol. The van der Waals surface area contributed by atoms with Gasteiger partial charge in [-0.25, -0.2) is 9.50 Å². The minimum Gasteiger partial charge on any atom is -0.543 e. The molecule has 0 radical (unpaired) electrons. The number of fused-ring (bicyclic) bond motifs is 4. The number of carbonyl (C=O) groups is 2.